The summed E-state index contributed by atoms with van der Waals surface area (Å²) < 4.78 is 16.4. The van der Waals surface area contributed by atoms with Crippen LogP contribution in [0.3, 0.4) is 0 Å². The monoisotopic (exact) mass is 1190 g/mol. The molecule has 10 rings (SSSR count). The highest BCUT2D eigenvalue weighted by molar-refractivity contribution is 6.46. The molecular weight excluding hydrogens is 1120 g/mol. The van der Waals surface area contributed by atoms with E-state index >= 15 is 0 Å². The number of hydrogen-bond donors (Lipinski definition) is 7. The highest BCUT2D eigenvalue weighted by Crippen LogP contribution is 2.53. The third-order valence-electron chi connectivity index (χ3n) is 16.7. The number of piperazine rings is 2. The number of esters is 1. The van der Waals surface area contributed by atoms with Gasteiger partial charge in [-0.25, -0.2) is 0 Å². The Balaban J connectivity index is 0.851. The number of benzene rings is 4. The molecule has 2 saturated carbocycles. The number of aliphatic hydroxyl groups is 2. The summed E-state index contributed by atoms with van der Waals surface area (Å²) >= 11 is 0. The van der Waals surface area contributed by atoms with E-state index < -0.39 is 93.8 Å². The van der Waals surface area contributed by atoms with Crippen LogP contribution in [0.2, 0.25) is 0 Å². The number of ether oxygens (including phenoxy) is 3. The Morgan fingerprint density at radius 2 is 1.07 bits per heavy atom. The van der Waals surface area contributed by atoms with Crippen LogP contribution in [0.5, 0.6) is 0 Å². The fraction of sp³-hybridized carbons (Fsp3) is 0.397. The number of aromatic amines is 2. The summed E-state index contributed by atoms with van der Waals surface area (Å²) in [7, 11) is 1.20. The molecule has 0 radical (unpaired) electrons. The number of carbonyl (C=O) groups excluding carboxylic acids is 9. The molecule has 87 heavy (non-hydrogen) atoms. The number of methoxy groups -OCH3 is 1. The molecule has 4 aromatic carbocycles. The van der Waals surface area contributed by atoms with Gasteiger partial charge < -0.3 is 69.7 Å². The van der Waals surface area contributed by atoms with Crippen molar-refractivity contribution in [1.29, 1.82) is 0 Å². The van der Waals surface area contributed by atoms with Crippen molar-refractivity contribution in [1.82, 2.24) is 29.6 Å². The quantitative estimate of drug-likeness (QED) is 0.0233. The standard InChI is InChI=1S/C63H68N8O16/c1-34-32-68(54(76)37-12-9-8-10-13-37)26-28-71(34)57(79)49(73)43-31-65-46-41(43)21-20-39(47(46)67-53(75)50(86-60(3,4)83)62(22-23-62)58(80)81)36-16-18-38(19-17-36)55(77)69-27-29-70(35(2)33-69)56(78)48(72)42-30-64-45-40(42)14-11-15-44(45)66-52(74)51(87-61(5,6)84)63(24-25-63)59(82)85-7/h8-21,30-31,34-35,50-51,64-65,83-84H,22-29,32-33H2,1-7H3,(H,66,74)(H,67,75)(H,80,81)/t34-,35-,50-,51-/m1/s1. The summed E-state index contributed by atoms with van der Waals surface area (Å²) in [5, 5.41) is 37.7. The Morgan fingerprint density at radius 3 is 1.55 bits per heavy atom. The molecule has 0 spiro atoms. The first-order chi connectivity index (χ1) is 41.2. The first-order valence-electron chi connectivity index (χ1n) is 28.6. The zero-order chi connectivity index (χ0) is 62.7. The van der Waals surface area contributed by atoms with Gasteiger partial charge in [-0.15, -0.1) is 0 Å². The van der Waals surface area contributed by atoms with Gasteiger partial charge in [-0.3, -0.25) is 47.9 Å². The number of ketones is 2. The van der Waals surface area contributed by atoms with Crippen molar-refractivity contribution in [3.05, 3.63) is 120 Å². The minimum absolute atomic E-state index is 0.00579. The van der Waals surface area contributed by atoms with Gasteiger partial charge in [0.15, 0.2) is 23.8 Å². The molecule has 456 valence electrons. The lowest BCUT2D eigenvalue weighted by Gasteiger charge is -2.39. The predicted molar refractivity (Wildman–Crippen MR) is 314 cm³/mol. The third kappa shape index (κ3) is 12.0. The molecule has 0 bridgehead atoms. The lowest BCUT2D eigenvalue weighted by atomic mass is 9.96. The second-order valence-electron chi connectivity index (χ2n) is 23.8. The molecule has 7 N–H and O–H groups in total. The van der Waals surface area contributed by atoms with Gasteiger partial charge in [0.1, 0.15) is 10.8 Å². The maximum Gasteiger partial charge on any atom is 0.315 e. The lowest BCUT2D eigenvalue weighted by Crippen LogP contribution is -2.56. The van der Waals surface area contributed by atoms with Crippen LogP contribution < -0.4 is 10.6 Å². The van der Waals surface area contributed by atoms with Gasteiger partial charge in [0.2, 0.25) is 0 Å². The molecule has 0 unspecified atom stereocenters. The van der Waals surface area contributed by atoms with Crippen molar-refractivity contribution >= 4 is 92.1 Å². The molecule has 2 aliphatic heterocycles. The Morgan fingerprint density at radius 1 is 0.586 bits per heavy atom. The second-order valence-corrected chi connectivity index (χ2v) is 23.8. The molecule has 6 amide bonds. The zero-order valence-corrected chi connectivity index (χ0v) is 49.1. The number of hydrogen-bond acceptors (Lipinski definition) is 15. The minimum atomic E-state index is -1.93. The van der Waals surface area contributed by atoms with Crippen molar-refractivity contribution < 1.29 is 77.5 Å². The van der Waals surface area contributed by atoms with Crippen LogP contribution in [0, 0.1) is 10.8 Å². The highest BCUT2D eigenvalue weighted by atomic mass is 16.6. The third-order valence-corrected chi connectivity index (χ3v) is 16.7. The molecule has 24 nitrogen and oxygen atoms in total. The number of carboxylic acids is 1. The van der Waals surface area contributed by atoms with E-state index in [0.717, 1.165) is 0 Å². The molecule has 2 aromatic heterocycles. The van der Waals surface area contributed by atoms with Crippen molar-refractivity contribution in [2.75, 3.05) is 57.0 Å². The van der Waals surface area contributed by atoms with Crippen molar-refractivity contribution in [2.24, 2.45) is 10.8 Å². The van der Waals surface area contributed by atoms with Crippen molar-refractivity contribution in [2.45, 2.75) is 103 Å². The summed E-state index contributed by atoms with van der Waals surface area (Å²) in [5.41, 5.74) is -0.584. The van der Waals surface area contributed by atoms with Gasteiger partial charge >= 0.3 is 11.9 Å². The SMILES string of the molecule is COC(=O)C1([C@H](OC(C)(C)O)C(=O)Nc2cccc3c(C(=O)C(=O)N4CCN(C(=O)c5ccc(-c6ccc7c(C(=O)C(=O)N8CCN(C(=O)c9ccccc9)C[C@H]8C)c[nH]c7c6NC(=O)[C@@H](OC(C)(C)O)C6(C(=O)O)CC6)cc5)C[C@H]4C)c[nH]c23)CC1. The summed E-state index contributed by atoms with van der Waals surface area (Å²) in [6, 6.07) is 21.9. The summed E-state index contributed by atoms with van der Waals surface area (Å²) in [4.78, 5) is 149. The minimum Gasteiger partial charge on any atom is -0.481 e. The number of Topliss-reactive ketones (excluding diaryl/α,β-unsaturated/α-hetero) is 2. The lowest BCUT2D eigenvalue weighted by molar-refractivity contribution is -0.220. The van der Waals surface area contributed by atoms with E-state index in [2.05, 4.69) is 20.6 Å². The summed E-state index contributed by atoms with van der Waals surface area (Å²) in [6.07, 6.45) is 0.368. The molecule has 4 fully saturated rings. The Hall–Kier alpha value is -9.10. The van der Waals surface area contributed by atoms with Crippen LogP contribution in [0.15, 0.2) is 97.3 Å². The second kappa shape index (κ2) is 23.3. The maximum atomic E-state index is 14.5. The van der Waals surface area contributed by atoms with E-state index in [4.69, 9.17) is 14.2 Å². The number of H-pyrrole nitrogens is 2. The van der Waals surface area contributed by atoms with Crippen LogP contribution in [-0.2, 0) is 43.0 Å². The molecule has 2 saturated heterocycles. The van der Waals surface area contributed by atoms with Gasteiger partial charge in [0.25, 0.3) is 47.0 Å². The first kappa shape index (κ1) is 61.0. The molecule has 6 aromatic rings. The van der Waals surface area contributed by atoms with Gasteiger partial charge in [0.05, 0.1) is 40.6 Å². The number of aromatic nitrogens is 2. The molecule has 24 heteroatoms. The van der Waals surface area contributed by atoms with Gasteiger partial charge in [-0.2, -0.15) is 0 Å². The largest absolute Gasteiger partial charge is 0.481 e. The molecule has 4 atom stereocenters. The van der Waals surface area contributed by atoms with E-state index in [9.17, 15) is 63.3 Å². The van der Waals surface area contributed by atoms with Crippen molar-refractivity contribution in [3.8, 4) is 11.1 Å². The average Bonchev–Trinajstić information content (AvgIpc) is 1.81. The summed E-state index contributed by atoms with van der Waals surface area (Å²) in [5.74, 6) is -11.2. The van der Waals surface area contributed by atoms with Crippen LogP contribution >= 0.6 is 0 Å². The number of carbonyl (C=O) groups is 10. The van der Waals surface area contributed by atoms with Crippen LogP contribution in [0.4, 0.5) is 11.4 Å². The van der Waals surface area contributed by atoms with E-state index in [1.807, 2.05) is 0 Å². The van der Waals surface area contributed by atoms with Crippen LogP contribution in [-0.4, -0.2) is 186 Å². The Bertz CT molecular complexity index is 3780. The average molecular weight is 1190 g/mol. The normalized spacial score (nSPS) is 18.8. The first-order valence-corrected chi connectivity index (χ1v) is 28.6. The number of nitrogens with one attached hydrogen (secondary N) is 4. The van der Waals surface area contributed by atoms with Crippen LogP contribution in [0.25, 0.3) is 32.9 Å². The molecule has 2 aliphatic carbocycles. The zero-order valence-electron chi connectivity index (χ0n) is 49.1. The van der Waals surface area contributed by atoms with E-state index in [0.29, 0.717) is 40.4 Å². The number of anilines is 2. The maximum absolute atomic E-state index is 14.5. The number of fused-ring (bicyclic) bond motifs is 2. The molecular formula is C63H68N8O16. The number of para-hydroxylation sites is 1. The summed E-state index contributed by atoms with van der Waals surface area (Å²) in [6.45, 7) is 9.26. The number of nitrogens with zero attached hydrogens (tertiary/aromatic N) is 4. The van der Waals surface area contributed by atoms with Crippen molar-refractivity contribution in [3.63, 3.8) is 0 Å². The molecule has 4 heterocycles. The molecule has 4 aliphatic rings. The predicted octanol–water partition coefficient (Wildman–Crippen LogP) is 5.35. The highest BCUT2D eigenvalue weighted by Gasteiger charge is 2.62. The number of aliphatic carboxylic acids is 1. The Labute approximate surface area is 499 Å². The van der Waals surface area contributed by atoms with Gasteiger partial charge in [-0.05, 0) is 103 Å². The number of carboxylic acid groups (broad SMARTS) is 1. The smallest absolute Gasteiger partial charge is 0.315 e. The van der Waals surface area contributed by atoms with E-state index in [1.54, 1.807) is 109 Å². The fourth-order valence-corrected chi connectivity index (χ4v) is 11.8. The van der Waals surface area contributed by atoms with Crippen LogP contribution in [0.1, 0.15) is 109 Å². The van der Waals surface area contributed by atoms with Gasteiger partial charge in [-0.1, -0.05) is 54.6 Å². The topological polar surface area (TPSA) is 328 Å². The fourth-order valence-electron chi connectivity index (χ4n) is 11.8. The number of rotatable bonds is 19. The Kier molecular flexibility index (Phi) is 16.3. The number of amides is 6. The van der Waals surface area contributed by atoms with Gasteiger partial charge in [0, 0.05) is 91.2 Å². The van der Waals surface area contributed by atoms with E-state index in [-0.39, 0.29) is 103 Å². The van der Waals surface area contributed by atoms with E-state index in [1.165, 1.54) is 57.0 Å².